The molecule has 3 rings (SSSR count). The molecule has 0 unspecified atom stereocenters. The minimum absolute atomic E-state index is 0.157. The van der Waals surface area contributed by atoms with Crippen molar-refractivity contribution in [2.24, 2.45) is 0 Å². The predicted octanol–water partition coefficient (Wildman–Crippen LogP) is 3.44. The SMILES string of the molecule is Cc1cc(NC(=O)C(=O)O)cc(C)c1Oc1ccc(O)c(S(=O)(=O)NC2CCCCC2)c1. The highest BCUT2D eigenvalue weighted by Crippen LogP contribution is 2.35. The molecule has 0 aliphatic heterocycles. The Kier molecular flexibility index (Phi) is 7.05. The first-order chi connectivity index (χ1) is 15.1. The number of anilines is 1. The number of amides is 1. The van der Waals surface area contributed by atoms with Gasteiger partial charge in [-0.05, 0) is 62.1 Å². The number of aryl methyl sites for hydroxylation is 2. The third-order valence-electron chi connectivity index (χ3n) is 5.28. The Balaban J connectivity index is 1.84. The lowest BCUT2D eigenvalue weighted by atomic mass is 9.96. The van der Waals surface area contributed by atoms with Gasteiger partial charge in [0, 0.05) is 17.8 Å². The molecule has 10 heteroatoms. The lowest BCUT2D eigenvalue weighted by Crippen LogP contribution is -2.36. The number of carboxylic acids is 1. The summed E-state index contributed by atoms with van der Waals surface area (Å²) in [4.78, 5) is 21.9. The number of carboxylic acid groups (broad SMARTS) is 1. The molecule has 9 nitrogen and oxygen atoms in total. The molecule has 1 fully saturated rings. The number of sulfonamides is 1. The van der Waals surface area contributed by atoms with Crippen molar-refractivity contribution >= 4 is 27.6 Å². The molecule has 2 aromatic carbocycles. The highest BCUT2D eigenvalue weighted by atomic mass is 32.2. The number of phenolic OH excluding ortho intramolecular Hbond substituents is 1. The number of nitrogens with one attached hydrogen (secondary N) is 2. The lowest BCUT2D eigenvalue weighted by molar-refractivity contribution is -0.147. The van der Waals surface area contributed by atoms with E-state index in [4.69, 9.17) is 9.84 Å². The molecule has 1 aliphatic rings. The highest BCUT2D eigenvalue weighted by Gasteiger charge is 2.25. The van der Waals surface area contributed by atoms with Crippen molar-refractivity contribution < 1.29 is 33.0 Å². The maximum absolute atomic E-state index is 12.8. The van der Waals surface area contributed by atoms with Crippen LogP contribution in [0.3, 0.4) is 0 Å². The number of rotatable bonds is 6. The quantitative estimate of drug-likeness (QED) is 0.482. The largest absolute Gasteiger partial charge is 0.507 e. The maximum atomic E-state index is 12.8. The fourth-order valence-corrected chi connectivity index (χ4v) is 5.18. The number of benzene rings is 2. The Morgan fingerprint density at radius 2 is 1.66 bits per heavy atom. The van der Waals surface area contributed by atoms with Gasteiger partial charge < -0.3 is 20.3 Å². The molecule has 1 aliphatic carbocycles. The molecule has 2 aromatic rings. The van der Waals surface area contributed by atoms with Gasteiger partial charge in [0.25, 0.3) is 0 Å². The monoisotopic (exact) mass is 462 g/mol. The molecular weight excluding hydrogens is 436 g/mol. The first kappa shape index (κ1) is 23.6. The van der Waals surface area contributed by atoms with Crippen LogP contribution in [-0.4, -0.2) is 36.5 Å². The minimum atomic E-state index is -3.94. The van der Waals surface area contributed by atoms with Crippen LogP contribution in [0.5, 0.6) is 17.2 Å². The summed E-state index contributed by atoms with van der Waals surface area (Å²) in [5.41, 5.74) is 1.50. The fourth-order valence-electron chi connectivity index (χ4n) is 3.76. The van der Waals surface area contributed by atoms with Crippen LogP contribution in [0.15, 0.2) is 35.2 Å². The van der Waals surface area contributed by atoms with Gasteiger partial charge in [0.2, 0.25) is 10.0 Å². The standard InChI is InChI=1S/C22H26N2O7S/c1-13-10-16(23-21(26)22(27)28)11-14(2)20(13)31-17-8-9-18(25)19(12-17)32(29,30)24-15-6-4-3-5-7-15/h8-12,15,24-25H,3-7H2,1-2H3,(H,23,26)(H,27,28). The van der Waals surface area contributed by atoms with E-state index in [9.17, 15) is 23.1 Å². The molecule has 1 amide bonds. The summed E-state index contributed by atoms with van der Waals surface area (Å²) in [5.74, 6) is -2.50. The molecule has 0 spiro atoms. The fraction of sp³-hybridized carbons (Fsp3) is 0.364. The summed E-state index contributed by atoms with van der Waals surface area (Å²) < 4.78 is 34.3. The number of aromatic hydroxyl groups is 1. The third kappa shape index (κ3) is 5.57. The van der Waals surface area contributed by atoms with Crippen LogP contribution < -0.4 is 14.8 Å². The minimum Gasteiger partial charge on any atom is -0.507 e. The Labute approximate surface area is 186 Å². The smallest absolute Gasteiger partial charge is 0.394 e. The molecule has 0 aromatic heterocycles. The number of ether oxygens (including phenoxy) is 1. The van der Waals surface area contributed by atoms with Gasteiger partial charge in [0.1, 0.15) is 22.1 Å². The second-order valence-electron chi connectivity index (χ2n) is 7.89. The van der Waals surface area contributed by atoms with E-state index >= 15 is 0 Å². The summed E-state index contributed by atoms with van der Waals surface area (Å²) >= 11 is 0. The van der Waals surface area contributed by atoms with Crippen LogP contribution in [-0.2, 0) is 19.6 Å². The van der Waals surface area contributed by atoms with E-state index in [1.807, 2.05) is 0 Å². The van der Waals surface area contributed by atoms with Crippen LogP contribution in [0.4, 0.5) is 5.69 Å². The van der Waals surface area contributed by atoms with Crippen molar-refractivity contribution in [1.82, 2.24) is 4.72 Å². The Hall–Kier alpha value is -3.11. The predicted molar refractivity (Wildman–Crippen MR) is 118 cm³/mol. The van der Waals surface area contributed by atoms with E-state index in [-0.39, 0.29) is 22.4 Å². The van der Waals surface area contributed by atoms with Crippen molar-refractivity contribution in [3.8, 4) is 17.2 Å². The van der Waals surface area contributed by atoms with Crippen LogP contribution >= 0.6 is 0 Å². The van der Waals surface area contributed by atoms with E-state index in [1.165, 1.54) is 18.2 Å². The van der Waals surface area contributed by atoms with Crippen LogP contribution in [0.2, 0.25) is 0 Å². The zero-order valence-corrected chi connectivity index (χ0v) is 18.7. The van der Waals surface area contributed by atoms with Crippen molar-refractivity contribution in [2.75, 3.05) is 5.32 Å². The molecular formula is C22H26N2O7S. The average molecular weight is 463 g/mol. The zero-order valence-electron chi connectivity index (χ0n) is 17.8. The zero-order chi connectivity index (χ0) is 23.5. The maximum Gasteiger partial charge on any atom is 0.394 e. The molecule has 0 atom stereocenters. The molecule has 1 saturated carbocycles. The highest BCUT2D eigenvalue weighted by molar-refractivity contribution is 7.89. The molecule has 172 valence electrons. The van der Waals surface area contributed by atoms with Crippen LogP contribution in [0.25, 0.3) is 0 Å². The van der Waals surface area contributed by atoms with Crippen LogP contribution in [0.1, 0.15) is 43.2 Å². The van der Waals surface area contributed by atoms with E-state index in [2.05, 4.69) is 10.0 Å². The molecule has 4 N–H and O–H groups in total. The van der Waals surface area contributed by atoms with Gasteiger partial charge in [-0.3, -0.25) is 4.79 Å². The number of hydrogen-bond acceptors (Lipinski definition) is 6. The van der Waals surface area contributed by atoms with Gasteiger partial charge in [-0.25, -0.2) is 17.9 Å². The van der Waals surface area contributed by atoms with Crippen molar-refractivity contribution in [1.29, 1.82) is 0 Å². The average Bonchev–Trinajstić information content (AvgIpc) is 2.72. The third-order valence-corrected chi connectivity index (χ3v) is 6.83. The van der Waals surface area contributed by atoms with Gasteiger partial charge in [-0.1, -0.05) is 19.3 Å². The van der Waals surface area contributed by atoms with Gasteiger partial charge in [-0.15, -0.1) is 0 Å². The number of phenols is 1. The van der Waals surface area contributed by atoms with E-state index in [1.54, 1.807) is 26.0 Å². The first-order valence-electron chi connectivity index (χ1n) is 10.3. The number of carbonyl (C=O) groups excluding carboxylic acids is 1. The van der Waals surface area contributed by atoms with E-state index in [0.29, 0.717) is 22.6 Å². The summed E-state index contributed by atoms with van der Waals surface area (Å²) in [7, 11) is -3.94. The Bertz CT molecular complexity index is 1120. The normalized spacial score (nSPS) is 14.7. The number of hydrogen-bond donors (Lipinski definition) is 4. The Morgan fingerprint density at radius 3 is 2.25 bits per heavy atom. The van der Waals surface area contributed by atoms with E-state index < -0.39 is 21.9 Å². The summed E-state index contributed by atoms with van der Waals surface area (Å²) in [6.07, 6.45) is 4.54. The second-order valence-corrected chi connectivity index (χ2v) is 9.57. The van der Waals surface area contributed by atoms with Crippen molar-refractivity contribution in [3.05, 3.63) is 41.5 Å². The second kappa shape index (κ2) is 9.58. The van der Waals surface area contributed by atoms with Gasteiger partial charge in [-0.2, -0.15) is 0 Å². The van der Waals surface area contributed by atoms with E-state index in [0.717, 1.165) is 32.1 Å². The Morgan fingerprint density at radius 1 is 1.03 bits per heavy atom. The van der Waals surface area contributed by atoms with Crippen molar-refractivity contribution in [3.63, 3.8) is 0 Å². The number of aliphatic carboxylic acids is 1. The molecule has 32 heavy (non-hydrogen) atoms. The summed E-state index contributed by atoms with van der Waals surface area (Å²) in [5, 5.41) is 21.2. The van der Waals surface area contributed by atoms with Crippen molar-refractivity contribution in [2.45, 2.75) is 56.9 Å². The first-order valence-corrected chi connectivity index (χ1v) is 11.7. The van der Waals surface area contributed by atoms with Gasteiger partial charge in [0.05, 0.1) is 0 Å². The molecule has 0 saturated heterocycles. The topological polar surface area (TPSA) is 142 Å². The summed E-state index contributed by atoms with van der Waals surface area (Å²) in [6, 6.07) is 6.91. The van der Waals surface area contributed by atoms with Crippen LogP contribution in [0, 0.1) is 13.8 Å². The molecule has 0 bridgehead atoms. The van der Waals surface area contributed by atoms with Gasteiger partial charge in [0.15, 0.2) is 0 Å². The molecule has 0 radical (unpaired) electrons. The molecule has 0 heterocycles. The van der Waals surface area contributed by atoms with Gasteiger partial charge >= 0.3 is 11.9 Å². The number of carbonyl (C=O) groups is 2. The lowest BCUT2D eigenvalue weighted by Gasteiger charge is -2.23. The summed E-state index contributed by atoms with van der Waals surface area (Å²) in [6.45, 7) is 3.42.